The van der Waals surface area contributed by atoms with Gasteiger partial charge in [0.05, 0.1) is 0 Å². The summed E-state index contributed by atoms with van der Waals surface area (Å²) in [6.45, 7) is 0. The van der Waals surface area contributed by atoms with Crippen molar-refractivity contribution in [2.75, 3.05) is 7.11 Å². The lowest BCUT2D eigenvalue weighted by molar-refractivity contribution is -0.154. The van der Waals surface area contributed by atoms with Gasteiger partial charge in [-0.3, -0.25) is 4.79 Å². The van der Waals surface area contributed by atoms with Crippen LogP contribution in [0.2, 0.25) is 0 Å². The zero-order chi connectivity index (χ0) is 8.73. The van der Waals surface area contributed by atoms with Gasteiger partial charge in [0, 0.05) is 7.11 Å². The third kappa shape index (κ3) is 5.10. The SMILES string of the molecule is CO.O=C(O)C(=O)C(F)F. The van der Waals surface area contributed by atoms with Gasteiger partial charge in [-0.1, -0.05) is 0 Å². The van der Waals surface area contributed by atoms with Crippen molar-refractivity contribution < 1.29 is 28.6 Å². The molecular weight excluding hydrogens is 150 g/mol. The Labute approximate surface area is 55.1 Å². The Balaban J connectivity index is 0. The second-order valence-electron chi connectivity index (χ2n) is 0.970. The van der Waals surface area contributed by atoms with Crippen molar-refractivity contribution in [2.45, 2.75) is 6.43 Å². The van der Waals surface area contributed by atoms with E-state index in [4.69, 9.17) is 10.2 Å². The van der Waals surface area contributed by atoms with E-state index in [9.17, 15) is 18.4 Å². The Hall–Kier alpha value is -1.04. The molecule has 2 N–H and O–H groups in total. The molecule has 0 atom stereocenters. The molecule has 0 radical (unpaired) electrons. The number of Topliss-reactive ketones (excluding diaryl/α,β-unsaturated/α-hetero) is 1. The number of halogens is 2. The number of rotatable bonds is 2. The van der Waals surface area contributed by atoms with Gasteiger partial charge in [0.2, 0.25) is 0 Å². The number of aliphatic hydroxyl groups excluding tert-OH is 1. The van der Waals surface area contributed by atoms with Crippen LogP contribution in [0.1, 0.15) is 0 Å². The van der Waals surface area contributed by atoms with Crippen LogP contribution in [0.4, 0.5) is 8.78 Å². The van der Waals surface area contributed by atoms with Crippen molar-refractivity contribution in [3.05, 3.63) is 0 Å². The number of alkyl halides is 2. The van der Waals surface area contributed by atoms with Crippen LogP contribution in [0.3, 0.4) is 0 Å². The first-order valence-electron chi connectivity index (χ1n) is 2.05. The van der Waals surface area contributed by atoms with Gasteiger partial charge in [0.15, 0.2) is 0 Å². The van der Waals surface area contributed by atoms with E-state index in [1.165, 1.54) is 0 Å². The fourth-order valence-electron chi connectivity index (χ4n) is 0.0933. The third-order valence-corrected chi connectivity index (χ3v) is 0.409. The minimum Gasteiger partial charge on any atom is -0.475 e. The third-order valence-electron chi connectivity index (χ3n) is 0.409. The zero-order valence-electron chi connectivity index (χ0n) is 5.04. The molecule has 10 heavy (non-hydrogen) atoms. The number of carbonyl (C=O) groups is 2. The number of aliphatic hydroxyl groups is 1. The number of ketones is 1. The summed E-state index contributed by atoms with van der Waals surface area (Å²) < 4.78 is 21.9. The highest BCUT2D eigenvalue weighted by molar-refractivity contribution is 6.34. The van der Waals surface area contributed by atoms with Crippen molar-refractivity contribution in [2.24, 2.45) is 0 Å². The van der Waals surface area contributed by atoms with Gasteiger partial charge in [-0.15, -0.1) is 0 Å². The molecule has 0 saturated heterocycles. The van der Waals surface area contributed by atoms with Gasteiger partial charge in [-0.25, -0.2) is 13.6 Å². The van der Waals surface area contributed by atoms with Gasteiger partial charge in [0.25, 0.3) is 0 Å². The smallest absolute Gasteiger partial charge is 0.378 e. The van der Waals surface area contributed by atoms with Crippen molar-refractivity contribution in [1.29, 1.82) is 0 Å². The molecule has 0 saturated carbocycles. The van der Waals surface area contributed by atoms with Crippen molar-refractivity contribution in [1.82, 2.24) is 0 Å². The summed E-state index contributed by atoms with van der Waals surface area (Å²) in [6, 6.07) is 0. The molecular formula is C4H6F2O4. The Morgan fingerprint density at radius 2 is 1.60 bits per heavy atom. The molecule has 0 amide bonds. The Morgan fingerprint density at radius 1 is 1.30 bits per heavy atom. The highest BCUT2D eigenvalue weighted by Crippen LogP contribution is 1.92. The second kappa shape index (κ2) is 6.09. The number of hydrogen-bond acceptors (Lipinski definition) is 3. The summed E-state index contributed by atoms with van der Waals surface area (Å²) in [5.41, 5.74) is 0. The molecule has 6 heteroatoms. The van der Waals surface area contributed by atoms with E-state index >= 15 is 0 Å². The molecule has 0 aliphatic rings. The predicted molar refractivity (Wildman–Crippen MR) is 26.8 cm³/mol. The first-order chi connectivity index (χ1) is 4.55. The number of hydrogen-bond donors (Lipinski definition) is 2. The summed E-state index contributed by atoms with van der Waals surface area (Å²) in [5.74, 6) is -4.16. The highest BCUT2D eigenvalue weighted by atomic mass is 19.3. The summed E-state index contributed by atoms with van der Waals surface area (Å²) in [5, 5.41) is 14.5. The van der Waals surface area contributed by atoms with Crippen molar-refractivity contribution >= 4 is 11.8 Å². The Morgan fingerprint density at radius 3 is 1.60 bits per heavy atom. The lowest BCUT2D eigenvalue weighted by atomic mass is 10.4. The molecule has 0 aromatic carbocycles. The molecule has 0 aliphatic carbocycles. The summed E-state index contributed by atoms with van der Waals surface area (Å²) in [4.78, 5) is 18.8. The van der Waals surface area contributed by atoms with E-state index in [0.717, 1.165) is 7.11 Å². The minimum atomic E-state index is -3.40. The fourth-order valence-corrected chi connectivity index (χ4v) is 0.0933. The minimum absolute atomic E-state index is 1.00. The van der Waals surface area contributed by atoms with Gasteiger partial charge in [0.1, 0.15) is 0 Å². The molecule has 0 aromatic rings. The fraction of sp³-hybridized carbons (Fsp3) is 0.500. The number of aliphatic carboxylic acids is 1. The van der Waals surface area contributed by atoms with Gasteiger partial charge in [-0.2, -0.15) is 0 Å². The second-order valence-corrected chi connectivity index (χ2v) is 0.970. The first kappa shape index (κ1) is 11.7. The Bertz CT molecular complexity index is 122. The van der Waals surface area contributed by atoms with Crippen molar-refractivity contribution in [3.63, 3.8) is 0 Å². The van der Waals surface area contributed by atoms with Crippen LogP contribution < -0.4 is 0 Å². The standard InChI is InChI=1S/C3H2F2O3.CH4O/c4-2(5)1(6)3(7)8;1-2/h2H,(H,7,8);2H,1H3. The molecule has 60 valence electrons. The quantitative estimate of drug-likeness (QED) is 0.529. The van der Waals surface area contributed by atoms with Crippen LogP contribution >= 0.6 is 0 Å². The molecule has 0 spiro atoms. The highest BCUT2D eigenvalue weighted by Gasteiger charge is 2.22. The lowest BCUT2D eigenvalue weighted by Gasteiger charge is -1.86. The molecule has 0 bridgehead atoms. The number of carboxylic acids is 1. The maximum atomic E-state index is 10.9. The lowest BCUT2D eigenvalue weighted by Crippen LogP contribution is -2.20. The van der Waals surface area contributed by atoms with Crippen molar-refractivity contribution in [3.8, 4) is 0 Å². The van der Waals surface area contributed by atoms with Crippen LogP contribution in [0.5, 0.6) is 0 Å². The maximum absolute atomic E-state index is 10.9. The van der Waals surface area contributed by atoms with Crippen LogP contribution in [0.15, 0.2) is 0 Å². The predicted octanol–water partition coefficient (Wildman–Crippen LogP) is -0.486. The molecule has 0 aliphatic heterocycles. The molecule has 0 rings (SSSR count). The molecule has 0 unspecified atom stereocenters. The van der Waals surface area contributed by atoms with Gasteiger partial charge >= 0.3 is 18.2 Å². The van der Waals surface area contributed by atoms with E-state index in [0.29, 0.717) is 0 Å². The molecule has 4 nitrogen and oxygen atoms in total. The van der Waals surface area contributed by atoms with Crippen LogP contribution in [-0.2, 0) is 9.59 Å². The van der Waals surface area contributed by atoms with Gasteiger partial charge < -0.3 is 10.2 Å². The Kier molecular flexibility index (Phi) is 7.13. The average Bonchev–Trinajstić information content (AvgIpc) is 1.90. The van der Waals surface area contributed by atoms with E-state index in [2.05, 4.69) is 0 Å². The summed E-state index contributed by atoms with van der Waals surface area (Å²) in [6.07, 6.45) is -3.40. The van der Waals surface area contributed by atoms with E-state index < -0.39 is 18.2 Å². The van der Waals surface area contributed by atoms with E-state index in [-0.39, 0.29) is 0 Å². The van der Waals surface area contributed by atoms with E-state index in [1.54, 1.807) is 0 Å². The average molecular weight is 156 g/mol. The first-order valence-corrected chi connectivity index (χ1v) is 2.05. The van der Waals surface area contributed by atoms with Crippen LogP contribution in [0.25, 0.3) is 0 Å². The van der Waals surface area contributed by atoms with Crippen LogP contribution in [-0.4, -0.2) is 35.5 Å². The zero-order valence-corrected chi connectivity index (χ0v) is 5.04. The normalized spacial score (nSPS) is 8.10. The number of carbonyl (C=O) groups excluding carboxylic acids is 1. The monoisotopic (exact) mass is 156 g/mol. The largest absolute Gasteiger partial charge is 0.475 e. The molecule has 0 heterocycles. The topological polar surface area (TPSA) is 74.6 Å². The van der Waals surface area contributed by atoms with Crippen LogP contribution in [0, 0.1) is 0 Å². The van der Waals surface area contributed by atoms with E-state index in [1.807, 2.05) is 0 Å². The molecule has 0 aromatic heterocycles. The van der Waals surface area contributed by atoms with Gasteiger partial charge in [-0.05, 0) is 0 Å². The summed E-state index contributed by atoms with van der Waals surface area (Å²) in [7, 11) is 1.00. The molecule has 0 fully saturated rings. The maximum Gasteiger partial charge on any atom is 0.378 e. The number of carboxylic acid groups (broad SMARTS) is 1. The summed E-state index contributed by atoms with van der Waals surface area (Å²) >= 11 is 0.